The van der Waals surface area contributed by atoms with Crippen molar-refractivity contribution in [2.24, 2.45) is 29.6 Å². The standard InChI is InChI=1S/C36H52F2O4.C31H42/c1-27-9-15-31(16-10-27)39-21-5-3-4-6-23-41-35-19-13-29(25-33(35)37)30-14-20-36(34(38)26-30)42-24-8-7-22-40-32-17-11-28(2)12-18-32;1-3-4-5-25-12-16-28(17-13-25)30-20-22-31(23-21-30)29-18-14-27(15-19-29)11-10-26-8-6-24(2)7-9-26/h13-14,19-20,25-28,31-32H,3-12,15-18,21-24H2,1-2H3;10-11,14-15,18-26,28H,3-9,12-13,16-17H2,1-2H3. The van der Waals surface area contributed by atoms with Crippen molar-refractivity contribution in [2.75, 3.05) is 26.4 Å². The number of allylic oxidation sites excluding steroid dienone is 1. The number of hydrogen-bond donors (Lipinski definition) is 0. The molecule has 73 heavy (non-hydrogen) atoms. The van der Waals surface area contributed by atoms with Crippen LogP contribution >= 0.6 is 0 Å². The molecule has 4 saturated carbocycles. The first kappa shape index (κ1) is 56.7. The maximum atomic E-state index is 14.7. The van der Waals surface area contributed by atoms with Crippen molar-refractivity contribution in [3.8, 4) is 33.8 Å². The molecule has 0 saturated heterocycles. The average molecular weight is 1000 g/mol. The lowest BCUT2D eigenvalue weighted by Gasteiger charge is -2.29. The van der Waals surface area contributed by atoms with Crippen molar-refractivity contribution < 1.29 is 27.7 Å². The van der Waals surface area contributed by atoms with Crippen molar-refractivity contribution >= 4 is 6.08 Å². The van der Waals surface area contributed by atoms with Gasteiger partial charge in [0.1, 0.15) is 0 Å². The molecule has 6 heteroatoms. The zero-order chi connectivity index (χ0) is 51.0. The van der Waals surface area contributed by atoms with E-state index < -0.39 is 11.6 Å². The molecule has 0 amide bonds. The molecule has 0 N–H and O–H groups in total. The highest BCUT2D eigenvalue weighted by molar-refractivity contribution is 5.67. The predicted octanol–water partition coefficient (Wildman–Crippen LogP) is 19.6. The van der Waals surface area contributed by atoms with Crippen LogP contribution in [0.15, 0.2) is 91.0 Å². The minimum atomic E-state index is -0.445. The van der Waals surface area contributed by atoms with E-state index in [-0.39, 0.29) is 11.5 Å². The first-order chi connectivity index (χ1) is 35.7. The maximum Gasteiger partial charge on any atom is 0.165 e. The van der Waals surface area contributed by atoms with Crippen LogP contribution in [0.1, 0.15) is 205 Å². The van der Waals surface area contributed by atoms with Gasteiger partial charge < -0.3 is 18.9 Å². The highest BCUT2D eigenvalue weighted by Gasteiger charge is 2.23. The smallest absolute Gasteiger partial charge is 0.165 e. The third-order valence-corrected chi connectivity index (χ3v) is 17.0. The molecule has 0 heterocycles. The number of ether oxygens (including phenoxy) is 4. The Morgan fingerprint density at radius 3 is 1.38 bits per heavy atom. The number of halogens is 2. The predicted molar refractivity (Wildman–Crippen MR) is 301 cm³/mol. The van der Waals surface area contributed by atoms with Gasteiger partial charge in [-0.3, -0.25) is 0 Å². The van der Waals surface area contributed by atoms with Crippen LogP contribution < -0.4 is 9.47 Å². The van der Waals surface area contributed by atoms with E-state index in [2.05, 4.69) is 88.4 Å². The molecule has 4 aromatic carbocycles. The molecule has 0 radical (unpaired) electrons. The van der Waals surface area contributed by atoms with Crippen LogP contribution in [-0.4, -0.2) is 38.6 Å². The molecule has 4 nitrogen and oxygen atoms in total. The fraction of sp³-hybridized carbons (Fsp3) is 0.612. The largest absolute Gasteiger partial charge is 0.491 e. The molecule has 400 valence electrons. The summed E-state index contributed by atoms with van der Waals surface area (Å²) in [5.41, 5.74) is 6.77. The van der Waals surface area contributed by atoms with E-state index in [1.54, 1.807) is 29.8 Å². The summed E-state index contributed by atoms with van der Waals surface area (Å²) in [6.07, 6.45) is 36.6. The Kier molecular flexibility index (Phi) is 24.2. The molecule has 0 spiro atoms. The molecule has 4 aliphatic rings. The molecule has 0 unspecified atom stereocenters. The summed E-state index contributed by atoms with van der Waals surface area (Å²) in [6, 6.07) is 28.2. The molecule has 0 aliphatic heterocycles. The normalized spacial score (nSPS) is 24.5. The van der Waals surface area contributed by atoms with Crippen molar-refractivity contribution in [1.29, 1.82) is 0 Å². The van der Waals surface area contributed by atoms with Crippen molar-refractivity contribution in [3.63, 3.8) is 0 Å². The Balaban J connectivity index is 0.000000223. The lowest BCUT2D eigenvalue weighted by Crippen LogP contribution is -2.21. The molecular formula is C67H94F2O4. The van der Waals surface area contributed by atoms with Crippen LogP contribution in [0.25, 0.3) is 28.3 Å². The van der Waals surface area contributed by atoms with Gasteiger partial charge in [0.05, 0.1) is 25.4 Å². The summed E-state index contributed by atoms with van der Waals surface area (Å²) in [5, 5.41) is 0. The minimum absolute atomic E-state index is 0.219. The Morgan fingerprint density at radius 1 is 0.452 bits per heavy atom. The van der Waals surface area contributed by atoms with Crippen LogP contribution in [-0.2, 0) is 9.47 Å². The SMILES string of the molecule is CC1CCC(OCCCCCCOc2ccc(-c3ccc(OCCCCOC4CCC(C)CC4)c(F)c3)cc2F)CC1.CCCCC1CCC(c2ccc(-c3ccc(C=CC4CCC(C)CC4)cc3)cc2)CC1. The molecule has 4 aliphatic carbocycles. The van der Waals surface area contributed by atoms with Crippen molar-refractivity contribution in [1.82, 2.24) is 0 Å². The minimum Gasteiger partial charge on any atom is -0.491 e. The van der Waals surface area contributed by atoms with E-state index in [4.69, 9.17) is 18.9 Å². The summed E-state index contributed by atoms with van der Waals surface area (Å²) in [6.45, 7) is 11.8. The van der Waals surface area contributed by atoms with Gasteiger partial charge in [0.2, 0.25) is 0 Å². The zero-order valence-electron chi connectivity index (χ0n) is 45.8. The third-order valence-electron chi connectivity index (χ3n) is 17.0. The summed E-state index contributed by atoms with van der Waals surface area (Å²) < 4.78 is 52.8. The second-order valence-electron chi connectivity index (χ2n) is 23.1. The van der Waals surface area contributed by atoms with Crippen LogP contribution in [0.3, 0.4) is 0 Å². The van der Waals surface area contributed by atoms with E-state index in [1.807, 2.05) is 0 Å². The Bertz CT molecular complexity index is 2150. The van der Waals surface area contributed by atoms with Gasteiger partial charge in [-0.2, -0.15) is 0 Å². The summed E-state index contributed by atoms with van der Waals surface area (Å²) in [4.78, 5) is 0. The van der Waals surface area contributed by atoms with Gasteiger partial charge in [-0.05, 0) is 215 Å². The fourth-order valence-corrected chi connectivity index (χ4v) is 11.8. The highest BCUT2D eigenvalue weighted by atomic mass is 19.1. The molecular weight excluding hydrogens is 907 g/mol. The third kappa shape index (κ3) is 19.6. The van der Waals surface area contributed by atoms with Crippen LogP contribution in [0.5, 0.6) is 11.5 Å². The molecule has 0 atom stereocenters. The summed E-state index contributed by atoms with van der Waals surface area (Å²) >= 11 is 0. The van der Waals surface area contributed by atoms with Gasteiger partial charge in [-0.1, -0.05) is 139 Å². The first-order valence-electron chi connectivity index (χ1n) is 29.7. The van der Waals surface area contributed by atoms with Gasteiger partial charge in [0, 0.05) is 13.2 Å². The van der Waals surface area contributed by atoms with Gasteiger partial charge in [-0.25, -0.2) is 8.78 Å². The number of benzene rings is 4. The van der Waals surface area contributed by atoms with Gasteiger partial charge in [-0.15, -0.1) is 0 Å². The Hall–Kier alpha value is -4.00. The van der Waals surface area contributed by atoms with E-state index in [1.165, 1.54) is 138 Å². The first-order valence-corrected chi connectivity index (χ1v) is 29.7. The Morgan fingerprint density at radius 2 is 0.890 bits per heavy atom. The number of hydrogen-bond acceptors (Lipinski definition) is 4. The number of unbranched alkanes of at least 4 members (excludes halogenated alkanes) is 5. The van der Waals surface area contributed by atoms with E-state index in [0.29, 0.717) is 36.5 Å². The topological polar surface area (TPSA) is 36.9 Å². The van der Waals surface area contributed by atoms with Crippen LogP contribution in [0.2, 0.25) is 0 Å². The Labute approximate surface area is 441 Å². The molecule has 4 fully saturated rings. The van der Waals surface area contributed by atoms with E-state index in [0.717, 1.165) is 100 Å². The van der Waals surface area contributed by atoms with E-state index in [9.17, 15) is 8.78 Å². The fourth-order valence-electron chi connectivity index (χ4n) is 11.8. The molecule has 4 aromatic rings. The quantitative estimate of drug-likeness (QED) is 0.0656. The van der Waals surface area contributed by atoms with Crippen LogP contribution in [0, 0.1) is 41.2 Å². The second kappa shape index (κ2) is 31.1. The maximum absolute atomic E-state index is 14.7. The van der Waals surface area contributed by atoms with Gasteiger partial charge >= 0.3 is 0 Å². The van der Waals surface area contributed by atoms with E-state index >= 15 is 0 Å². The second-order valence-corrected chi connectivity index (χ2v) is 23.1. The molecule has 0 bridgehead atoms. The zero-order valence-corrected chi connectivity index (χ0v) is 45.8. The lowest BCUT2D eigenvalue weighted by atomic mass is 9.77. The number of rotatable bonds is 24. The molecule has 0 aromatic heterocycles. The van der Waals surface area contributed by atoms with Crippen molar-refractivity contribution in [3.05, 3.63) is 114 Å². The van der Waals surface area contributed by atoms with Crippen molar-refractivity contribution in [2.45, 2.75) is 206 Å². The average Bonchev–Trinajstić information content (AvgIpc) is 3.42. The summed E-state index contributed by atoms with van der Waals surface area (Å²) in [7, 11) is 0. The monoisotopic (exact) mass is 1000 g/mol. The lowest BCUT2D eigenvalue weighted by molar-refractivity contribution is 0.0169. The highest BCUT2D eigenvalue weighted by Crippen LogP contribution is 2.39. The molecule has 8 rings (SSSR count). The van der Waals surface area contributed by atoms with Crippen LogP contribution in [0.4, 0.5) is 8.78 Å². The van der Waals surface area contributed by atoms with Gasteiger partial charge in [0.15, 0.2) is 23.1 Å². The summed E-state index contributed by atoms with van der Waals surface area (Å²) in [5.74, 6) is 4.72. The van der Waals surface area contributed by atoms with Gasteiger partial charge in [0.25, 0.3) is 0 Å².